The molecule has 1 saturated carbocycles. The van der Waals surface area contributed by atoms with Crippen molar-refractivity contribution in [3.05, 3.63) is 59.5 Å². The van der Waals surface area contributed by atoms with Crippen LogP contribution in [0.1, 0.15) is 49.2 Å². The molecule has 0 bridgehead atoms. The third-order valence-corrected chi connectivity index (χ3v) is 7.40. The van der Waals surface area contributed by atoms with Gasteiger partial charge in [-0.15, -0.1) is 11.8 Å². The van der Waals surface area contributed by atoms with E-state index in [1.165, 1.54) is 0 Å². The number of aromatic nitrogens is 2. The Hall–Kier alpha value is -3.00. The number of furan rings is 1. The fourth-order valence-electron chi connectivity index (χ4n) is 3.78. The number of aryl methyl sites for hydroxylation is 1. The second-order valence-electron chi connectivity index (χ2n) is 8.58. The van der Waals surface area contributed by atoms with E-state index in [1.54, 1.807) is 18.0 Å². The highest BCUT2D eigenvalue weighted by atomic mass is 32.2. The molecule has 0 unspecified atom stereocenters. The number of esters is 1. The lowest BCUT2D eigenvalue weighted by Gasteiger charge is -2.38. The Balaban J connectivity index is 1.34. The summed E-state index contributed by atoms with van der Waals surface area (Å²) in [7, 11) is 3.91. The molecule has 1 aliphatic carbocycles. The maximum atomic E-state index is 12.2. The fourth-order valence-corrected chi connectivity index (χ4v) is 5.04. The van der Waals surface area contributed by atoms with Crippen LogP contribution in [-0.2, 0) is 16.0 Å². The van der Waals surface area contributed by atoms with E-state index in [0.29, 0.717) is 18.9 Å². The van der Waals surface area contributed by atoms with E-state index in [4.69, 9.17) is 13.6 Å². The van der Waals surface area contributed by atoms with Gasteiger partial charge in [0.2, 0.25) is 5.89 Å². The monoisotopic (exact) mass is 481 g/mol. The zero-order chi connectivity index (χ0) is 24.1. The Morgan fingerprint density at radius 1 is 1.24 bits per heavy atom. The first-order valence-electron chi connectivity index (χ1n) is 11.6. The maximum absolute atomic E-state index is 12.2. The first-order chi connectivity index (χ1) is 16.4. The van der Waals surface area contributed by atoms with Crippen molar-refractivity contribution in [2.24, 2.45) is 0 Å². The van der Waals surface area contributed by atoms with E-state index in [0.717, 1.165) is 59.4 Å². The summed E-state index contributed by atoms with van der Waals surface area (Å²) >= 11 is 1.66. The van der Waals surface area contributed by atoms with E-state index < -0.39 is 0 Å². The van der Waals surface area contributed by atoms with Gasteiger partial charge in [-0.3, -0.25) is 4.79 Å². The molecule has 7 nitrogen and oxygen atoms in total. The first kappa shape index (κ1) is 24.1. The number of pyridine rings is 1. The average molecular weight is 482 g/mol. The highest BCUT2D eigenvalue weighted by molar-refractivity contribution is 8.01. The summed E-state index contributed by atoms with van der Waals surface area (Å²) in [6, 6.07) is 7.81. The number of carbonyl (C=O) groups is 1. The third-order valence-electron chi connectivity index (χ3n) is 5.92. The van der Waals surface area contributed by atoms with Crippen LogP contribution >= 0.6 is 11.8 Å². The van der Waals surface area contributed by atoms with Gasteiger partial charge in [0.1, 0.15) is 27.8 Å². The minimum absolute atomic E-state index is 0.0771. The van der Waals surface area contributed by atoms with Crippen LogP contribution in [0.4, 0.5) is 5.82 Å². The number of carbonyl (C=O) groups excluding carboxylic acids is 1. The van der Waals surface area contributed by atoms with Gasteiger partial charge in [0, 0.05) is 26.0 Å². The summed E-state index contributed by atoms with van der Waals surface area (Å²) in [6.45, 7) is 4.19. The smallest absolute Gasteiger partial charge is 0.322 e. The van der Waals surface area contributed by atoms with Crippen molar-refractivity contribution < 1.29 is 18.4 Å². The number of thioether (sulfide) groups is 1. The van der Waals surface area contributed by atoms with E-state index in [1.807, 2.05) is 69.3 Å². The van der Waals surface area contributed by atoms with E-state index >= 15 is 0 Å². The average Bonchev–Trinajstić information content (AvgIpc) is 3.39. The van der Waals surface area contributed by atoms with Crippen LogP contribution in [-0.4, -0.2) is 47.1 Å². The van der Waals surface area contributed by atoms with Crippen molar-refractivity contribution in [2.45, 2.75) is 44.3 Å². The number of hydrogen-bond donors (Lipinski definition) is 0. The first-order valence-corrected chi connectivity index (χ1v) is 12.6. The minimum atomic E-state index is -0.362. The topological polar surface area (TPSA) is 81.6 Å². The molecule has 1 fully saturated rings. The molecular formula is C26H31N3O4S. The van der Waals surface area contributed by atoms with Gasteiger partial charge in [-0.25, -0.2) is 9.97 Å². The van der Waals surface area contributed by atoms with E-state index in [2.05, 4.69) is 9.97 Å². The van der Waals surface area contributed by atoms with Gasteiger partial charge in [-0.05, 0) is 63.5 Å². The fraction of sp³-hybridized carbons (Fsp3) is 0.423. The van der Waals surface area contributed by atoms with Crippen molar-refractivity contribution in [2.75, 3.05) is 31.4 Å². The van der Waals surface area contributed by atoms with Crippen LogP contribution in [0, 0.1) is 6.92 Å². The molecule has 0 amide bonds. The number of anilines is 1. The highest BCUT2D eigenvalue weighted by Gasteiger charge is 2.45. The van der Waals surface area contributed by atoms with Crippen LogP contribution in [0.15, 0.2) is 45.4 Å². The van der Waals surface area contributed by atoms with Crippen LogP contribution < -0.4 is 4.90 Å². The summed E-state index contributed by atoms with van der Waals surface area (Å²) in [5.74, 6) is 4.46. The lowest BCUT2D eigenvalue weighted by atomic mass is 9.84. The Bertz CT molecular complexity index is 1140. The van der Waals surface area contributed by atoms with Crippen molar-refractivity contribution in [1.82, 2.24) is 9.97 Å². The molecule has 0 aliphatic heterocycles. The Morgan fingerprint density at radius 3 is 2.71 bits per heavy atom. The molecule has 0 N–H and O–H groups in total. The second kappa shape index (κ2) is 10.5. The minimum Gasteiger partial charge on any atom is -0.465 e. The van der Waals surface area contributed by atoms with Gasteiger partial charge in [0.25, 0.3) is 0 Å². The summed E-state index contributed by atoms with van der Waals surface area (Å²) in [5.41, 5.74) is 1.68. The zero-order valence-corrected chi connectivity index (χ0v) is 21.0. The van der Waals surface area contributed by atoms with Gasteiger partial charge < -0.3 is 18.5 Å². The molecule has 180 valence electrons. The Labute approximate surface area is 204 Å². The largest absolute Gasteiger partial charge is 0.465 e. The molecule has 0 atom stereocenters. The van der Waals surface area contributed by atoms with Crippen LogP contribution in [0.5, 0.6) is 0 Å². The number of ether oxygens (including phenoxy) is 1. The van der Waals surface area contributed by atoms with Crippen molar-refractivity contribution in [1.29, 1.82) is 0 Å². The highest BCUT2D eigenvalue weighted by Crippen LogP contribution is 2.45. The number of hydrogen-bond acceptors (Lipinski definition) is 8. The number of nitrogens with zero attached hydrogens (tertiary/aromatic N) is 3. The zero-order valence-electron chi connectivity index (χ0n) is 20.2. The maximum Gasteiger partial charge on any atom is 0.322 e. The van der Waals surface area contributed by atoms with Crippen molar-refractivity contribution in [3.63, 3.8) is 0 Å². The van der Waals surface area contributed by atoms with E-state index in [-0.39, 0.29) is 10.7 Å². The Kier molecular flexibility index (Phi) is 7.46. The molecule has 3 aromatic heterocycles. The molecule has 3 aromatic rings. The molecule has 1 aliphatic rings. The molecule has 0 aromatic carbocycles. The van der Waals surface area contributed by atoms with Crippen molar-refractivity contribution in [3.8, 4) is 11.5 Å². The lowest BCUT2D eigenvalue weighted by Crippen LogP contribution is -2.43. The SMILES string of the molecule is CCOC(=O)C1(SC/C=C/c2ccc(Cc3nc(-c4ccc(N(C)C)nc4)oc3C)o2)CCC1. The summed E-state index contributed by atoms with van der Waals surface area (Å²) in [5, 5.41) is 0. The summed E-state index contributed by atoms with van der Waals surface area (Å²) in [6.07, 6.45) is 9.18. The molecule has 4 rings (SSSR count). The molecule has 0 spiro atoms. The lowest BCUT2D eigenvalue weighted by molar-refractivity contribution is -0.148. The molecule has 34 heavy (non-hydrogen) atoms. The molecule has 8 heteroatoms. The van der Waals surface area contributed by atoms with Gasteiger partial charge in [-0.1, -0.05) is 6.08 Å². The van der Waals surface area contributed by atoms with Crippen LogP contribution in [0.3, 0.4) is 0 Å². The van der Waals surface area contributed by atoms with Gasteiger partial charge in [0.05, 0.1) is 24.3 Å². The van der Waals surface area contributed by atoms with Gasteiger partial charge in [0.15, 0.2) is 0 Å². The van der Waals surface area contributed by atoms with Crippen LogP contribution in [0.2, 0.25) is 0 Å². The normalized spacial score (nSPS) is 14.8. The predicted molar refractivity (Wildman–Crippen MR) is 135 cm³/mol. The number of rotatable bonds is 10. The second-order valence-corrected chi connectivity index (χ2v) is 9.99. The van der Waals surface area contributed by atoms with Gasteiger partial charge >= 0.3 is 5.97 Å². The number of oxazole rings is 1. The molecule has 0 saturated heterocycles. The summed E-state index contributed by atoms with van der Waals surface area (Å²) in [4.78, 5) is 23.3. The summed E-state index contributed by atoms with van der Waals surface area (Å²) < 4.78 is 16.7. The predicted octanol–water partition coefficient (Wildman–Crippen LogP) is 5.53. The van der Waals surface area contributed by atoms with Crippen LogP contribution in [0.25, 0.3) is 17.5 Å². The molecule has 0 radical (unpaired) electrons. The molecular weight excluding hydrogens is 450 g/mol. The molecule has 3 heterocycles. The third kappa shape index (κ3) is 5.38. The quantitative estimate of drug-likeness (QED) is 0.350. The van der Waals surface area contributed by atoms with E-state index in [9.17, 15) is 4.79 Å². The van der Waals surface area contributed by atoms with Crippen molar-refractivity contribution >= 4 is 29.6 Å². The standard InChI is InChI=1S/C26H31N3O4S/c1-5-31-25(30)26(13-7-14-26)34-15-6-8-20-10-11-21(33-20)16-22-18(2)32-24(28-22)19-9-12-23(27-17-19)29(3)4/h6,8-12,17H,5,7,13-16H2,1-4H3/b8-6+. The van der Waals surface area contributed by atoms with Gasteiger partial charge in [-0.2, -0.15) is 0 Å². The Morgan fingerprint density at radius 2 is 2.06 bits per heavy atom.